The normalized spacial score (nSPS) is 23.5. The number of rotatable bonds is 5. The van der Waals surface area contributed by atoms with Gasteiger partial charge in [0.15, 0.2) is 9.84 Å². The van der Waals surface area contributed by atoms with E-state index in [1.807, 2.05) is 0 Å². The third-order valence-corrected chi connectivity index (χ3v) is 6.62. The highest BCUT2D eigenvalue weighted by Crippen LogP contribution is 2.19. The van der Waals surface area contributed by atoms with Crippen molar-refractivity contribution in [2.24, 2.45) is 5.92 Å². The van der Waals surface area contributed by atoms with E-state index in [1.54, 1.807) is 11.0 Å². The van der Waals surface area contributed by atoms with Crippen LogP contribution >= 0.6 is 0 Å². The zero-order valence-corrected chi connectivity index (χ0v) is 15.5. The summed E-state index contributed by atoms with van der Waals surface area (Å²) >= 11 is 0. The molecule has 1 unspecified atom stereocenters. The summed E-state index contributed by atoms with van der Waals surface area (Å²) < 4.78 is 27.8. The minimum atomic E-state index is -2.88. The molecular formula is C17H25N3O5S. The molecule has 3 rings (SSSR count). The first-order valence-electron chi connectivity index (χ1n) is 8.96. The predicted molar refractivity (Wildman–Crippen MR) is 95.4 cm³/mol. The Morgan fingerprint density at radius 3 is 2.69 bits per heavy atom. The average molecular weight is 383 g/mol. The lowest BCUT2D eigenvalue weighted by Crippen LogP contribution is -2.47. The first-order valence-corrected chi connectivity index (χ1v) is 10.8. The molecule has 2 aliphatic rings. The Hall–Kier alpha value is -1.87. The second-order valence-corrected chi connectivity index (χ2v) is 9.19. The van der Waals surface area contributed by atoms with Crippen molar-refractivity contribution in [3.8, 4) is 0 Å². The number of carbonyl (C=O) groups is 2. The fourth-order valence-corrected chi connectivity index (χ4v) is 4.68. The van der Waals surface area contributed by atoms with Gasteiger partial charge in [0, 0.05) is 39.3 Å². The first-order chi connectivity index (χ1) is 12.4. The number of sulfone groups is 1. The average Bonchev–Trinajstić information content (AvgIpc) is 3.17. The van der Waals surface area contributed by atoms with Crippen LogP contribution in [0, 0.1) is 5.92 Å². The van der Waals surface area contributed by atoms with Crippen LogP contribution in [0.1, 0.15) is 23.2 Å². The van der Waals surface area contributed by atoms with Crippen LogP contribution in [0.5, 0.6) is 0 Å². The smallest absolute Gasteiger partial charge is 0.257 e. The number of hydrogen-bond acceptors (Lipinski definition) is 6. The number of piperidine rings is 1. The number of likely N-dealkylation sites (tertiary alicyclic amines) is 1. The minimum absolute atomic E-state index is 0.0423. The van der Waals surface area contributed by atoms with Crippen molar-refractivity contribution in [2.45, 2.75) is 12.8 Å². The second kappa shape index (κ2) is 8.22. The fourth-order valence-electron chi connectivity index (χ4n) is 3.40. The maximum absolute atomic E-state index is 12.4. The highest BCUT2D eigenvalue weighted by Gasteiger charge is 2.29. The second-order valence-electron chi connectivity index (χ2n) is 6.89. The number of nitrogens with zero attached hydrogens (tertiary/aromatic N) is 2. The van der Waals surface area contributed by atoms with Crippen LogP contribution < -0.4 is 5.32 Å². The van der Waals surface area contributed by atoms with Gasteiger partial charge in [0.2, 0.25) is 5.91 Å². The molecule has 2 fully saturated rings. The summed E-state index contributed by atoms with van der Waals surface area (Å²) in [5.74, 6) is 0.0231. The summed E-state index contributed by atoms with van der Waals surface area (Å²) in [4.78, 5) is 28.6. The van der Waals surface area contributed by atoms with Crippen LogP contribution in [0.4, 0.5) is 0 Å². The van der Waals surface area contributed by atoms with Crippen LogP contribution in [0.15, 0.2) is 23.0 Å². The van der Waals surface area contributed by atoms with E-state index in [0.29, 0.717) is 44.8 Å². The van der Waals surface area contributed by atoms with Crippen LogP contribution in [-0.4, -0.2) is 80.8 Å². The van der Waals surface area contributed by atoms with Crippen LogP contribution in [0.25, 0.3) is 0 Å². The molecule has 9 heteroatoms. The summed E-state index contributed by atoms with van der Waals surface area (Å²) in [7, 11) is -2.88. The Balaban J connectivity index is 1.42. The third kappa shape index (κ3) is 4.85. The van der Waals surface area contributed by atoms with Crippen molar-refractivity contribution >= 4 is 21.7 Å². The molecule has 2 saturated heterocycles. The quantitative estimate of drug-likeness (QED) is 0.767. The van der Waals surface area contributed by atoms with Gasteiger partial charge in [0.25, 0.3) is 5.91 Å². The van der Waals surface area contributed by atoms with Crippen molar-refractivity contribution in [1.29, 1.82) is 0 Å². The molecule has 144 valence electrons. The van der Waals surface area contributed by atoms with E-state index in [0.717, 1.165) is 12.8 Å². The molecule has 2 aliphatic heterocycles. The van der Waals surface area contributed by atoms with Crippen molar-refractivity contribution in [1.82, 2.24) is 15.1 Å². The molecule has 0 radical (unpaired) electrons. The van der Waals surface area contributed by atoms with E-state index < -0.39 is 9.84 Å². The SMILES string of the molecule is O=C(NCCN1CCS(=O)(=O)CC1)C1CCCN(C(=O)c2ccoc2)C1. The van der Waals surface area contributed by atoms with Crippen molar-refractivity contribution in [3.63, 3.8) is 0 Å². The summed E-state index contributed by atoms with van der Waals surface area (Å²) in [5, 5.41) is 2.93. The van der Waals surface area contributed by atoms with Gasteiger partial charge in [-0.1, -0.05) is 0 Å². The predicted octanol–water partition coefficient (Wildman–Crippen LogP) is -0.0216. The zero-order chi connectivity index (χ0) is 18.6. The summed E-state index contributed by atoms with van der Waals surface area (Å²) in [6.45, 7) is 3.24. The van der Waals surface area contributed by atoms with Crippen molar-refractivity contribution in [2.75, 3.05) is 50.8 Å². The van der Waals surface area contributed by atoms with Crippen molar-refractivity contribution < 1.29 is 22.4 Å². The Labute approximate surface area is 153 Å². The summed E-state index contributed by atoms with van der Waals surface area (Å²) in [5.41, 5.74) is 0.506. The molecule has 2 amide bonds. The maximum Gasteiger partial charge on any atom is 0.257 e. The summed E-state index contributed by atoms with van der Waals surface area (Å²) in [6, 6.07) is 1.63. The van der Waals surface area contributed by atoms with Gasteiger partial charge in [-0.3, -0.25) is 14.5 Å². The molecule has 3 heterocycles. The highest BCUT2D eigenvalue weighted by atomic mass is 32.2. The van der Waals surface area contributed by atoms with E-state index in [1.165, 1.54) is 12.5 Å². The zero-order valence-electron chi connectivity index (χ0n) is 14.7. The Morgan fingerprint density at radius 1 is 1.23 bits per heavy atom. The standard InChI is InChI=1S/C17H25N3O5S/c21-16(18-4-6-19-7-10-26(23,24)11-8-19)14-2-1-5-20(12-14)17(22)15-3-9-25-13-15/h3,9,13-14H,1-2,4-8,10-12H2,(H,18,21). The lowest BCUT2D eigenvalue weighted by Gasteiger charge is -2.32. The highest BCUT2D eigenvalue weighted by molar-refractivity contribution is 7.91. The molecule has 0 aliphatic carbocycles. The van der Waals surface area contributed by atoms with Crippen LogP contribution in [0.2, 0.25) is 0 Å². The molecular weight excluding hydrogens is 358 g/mol. The topological polar surface area (TPSA) is 99.9 Å². The van der Waals surface area contributed by atoms with Gasteiger partial charge in [-0.15, -0.1) is 0 Å². The molecule has 0 saturated carbocycles. The number of carbonyl (C=O) groups excluding carboxylic acids is 2. The van der Waals surface area contributed by atoms with E-state index in [-0.39, 0.29) is 29.2 Å². The van der Waals surface area contributed by atoms with E-state index in [9.17, 15) is 18.0 Å². The Morgan fingerprint density at radius 2 is 2.00 bits per heavy atom. The Bertz CT molecular complexity index is 718. The number of furan rings is 1. The van der Waals surface area contributed by atoms with E-state index >= 15 is 0 Å². The van der Waals surface area contributed by atoms with Crippen LogP contribution in [-0.2, 0) is 14.6 Å². The van der Waals surface area contributed by atoms with Gasteiger partial charge in [0.1, 0.15) is 6.26 Å². The molecule has 8 nitrogen and oxygen atoms in total. The molecule has 1 aromatic heterocycles. The van der Waals surface area contributed by atoms with Gasteiger partial charge in [-0.05, 0) is 18.9 Å². The third-order valence-electron chi connectivity index (χ3n) is 5.01. The molecule has 1 aromatic rings. The first kappa shape index (κ1) is 18.9. The minimum Gasteiger partial charge on any atom is -0.472 e. The van der Waals surface area contributed by atoms with Gasteiger partial charge in [-0.2, -0.15) is 0 Å². The number of amides is 2. The van der Waals surface area contributed by atoms with Crippen molar-refractivity contribution in [3.05, 3.63) is 24.2 Å². The molecule has 0 spiro atoms. The van der Waals surface area contributed by atoms with Gasteiger partial charge in [-0.25, -0.2) is 8.42 Å². The number of nitrogens with one attached hydrogen (secondary N) is 1. The molecule has 0 bridgehead atoms. The summed E-state index contributed by atoms with van der Waals surface area (Å²) in [6.07, 6.45) is 4.45. The van der Waals surface area contributed by atoms with Gasteiger partial charge >= 0.3 is 0 Å². The lowest BCUT2D eigenvalue weighted by molar-refractivity contribution is -0.126. The largest absolute Gasteiger partial charge is 0.472 e. The lowest BCUT2D eigenvalue weighted by atomic mass is 9.96. The molecule has 0 aromatic carbocycles. The molecule has 1 N–H and O–H groups in total. The van der Waals surface area contributed by atoms with E-state index in [4.69, 9.17) is 4.42 Å². The number of hydrogen-bond donors (Lipinski definition) is 1. The molecule has 1 atom stereocenters. The molecule has 26 heavy (non-hydrogen) atoms. The fraction of sp³-hybridized carbons (Fsp3) is 0.647. The van der Waals surface area contributed by atoms with E-state index in [2.05, 4.69) is 10.2 Å². The van der Waals surface area contributed by atoms with Crippen LogP contribution in [0.3, 0.4) is 0 Å². The monoisotopic (exact) mass is 383 g/mol. The Kier molecular flexibility index (Phi) is 5.98. The maximum atomic E-state index is 12.4. The van der Waals surface area contributed by atoms with Gasteiger partial charge < -0.3 is 14.6 Å². The van der Waals surface area contributed by atoms with Gasteiger partial charge in [0.05, 0.1) is 29.3 Å².